The van der Waals surface area contributed by atoms with Gasteiger partial charge in [0, 0.05) is 6.54 Å². The number of ether oxygens (including phenoxy) is 1. The monoisotopic (exact) mass is 227 g/mol. The first-order valence-corrected chi connectivity index (χ1v) is 5.44. The molecular weight excluding hydrogens is 214 g/mol. The van der Waals surface area contributed by atoms with Crippen molar-refractivity contribution in [2.75, 3.05) is 0 Å². The minimum Gasteiger partial charge on any atom is -0.453 e. The van der Waals surface area contributed by atoms with E-state index in [0.717, 1.165) is 12.1 Å². The summed E-state index contributed by atoms with van der Waals surface area (Å²) in [7, 11) is 0. The van der Waals surface area contributed by atoms with Crippen LogP contribution in [0.15, 0.2) is 30.6 Å². The van der Waals surface area contributed by atoms with Crippen molar-refractivity contribution in [1.29, 1.82) is 5.26 Å². The topological polar surface area (TPSA) is 50.8 Å². The minimum atomic E-state index is 0.566. The van der Waals surface area contributed by atoms with E-state index in [-0.39, 0.29) is 0 Å². The molecule has 86 valence electrons. The molecule has 0 bridgehead atoms. The fourth-order valence-corrected chi connectivity index (χ4v) is 1.57. The molecule has 1 heterocycles. The quantitative estimate of drug-likeness (QED) is 0.810. The second-order valence-electron chi connectivity index (χ2n) is 3.69. The van der Waals surface area contributed by atoms with Gasteiger partial charge in [0.15, 0.2) is 5.75 Å². The highest BCUT2D eigenvalue weighted by Crippen LogP contribution is 2.26. The number of benzene rings is 1. The number of hydrogen-bond acceptors (Lipinski definition) is 3. The van der Waals surface area contributed by atoms with E-state index in [2.05, 4.69) is 11.2 Å². The third-order valence-electron chi connectivity index (χ3n) is 2.51. The van der Waals surface area contributed by atoms with Crippen molar-refractivity contribution in [3.8, 4) is 17.6 Å². The van der Waals surface area contributed by atoms with Crippen molar-refractivity contribution >= 4 is 0 Å². The lowest BCUT2D eigenvalue weighted by atomic mass is 10.1. The standard InChI is InChI=1S/C13H13N3O/c1-3-16-9-11(8-15-16)17-13-6-4-5-10(2)12(13)7-14/h4-6,8-9H,3H2,1-2H3. The van der Waals surface area contributed by atoms with Gasteiger partial charge in [0.1, 0.15) is 11.8 Å². The van der Waals surface area contributed by atoms with Crippen LogP contribution in [-0.2, 0) is 6.54 Å². The highest BCUT2D eigenvalue weighted by atomic mass is 16.5. The van der Waals surface area contributed by atoms with Crippen molar-refractivity contribution < 1.29 is 4.74 Å². The number of hydrogen-bond donors (Lipinski definition) is 0. The second-order valence-corrected chi connectivity index (χ2v) is 3.69. The molecule has 0 atom stereocenters. The van der Waals surface area contributed by atoms with Gasteiger partial charge in [-0.25, -0.2) is 0 Å². The Bertz CT molecular complexity index is 566. The molecule has 2 rings (SSSR count). The molecule has 0 fully saturated rings. The maximum Gasteiger partial charge on any atom is 0.165 e. The number of rotatable bonds is 3. The Morgan fingerprint density at radius 1 is 1.47 bits per heavy atom. The van der Waals surface area contributed by atoms with Crippen LogP contribution in [0.3, 0.4) is 0 Å². The zero-order valence-electron chi connectivity index (χ0n) is 9.84. The average molecular weight is 227 g/mol. The summed E-state index contributed by atoms with van der Waals surface area (Å²) >= 11 is 0. The molecule has 0 aliphatic rings. The molecule has 4 nitrogen and oxygen atoms in total. The average Bonchev–Trinajstić information content (AvgIpc) is 2.77. The van der Waals surface area contributed by atoms with Gasteiger partial charge in [-0.05, 0) is 25.5 Å². The molecule has 1 aromatic carbocycles. The first kappa shape index (κ1) is 11.2. The number of nitriles is 1. The van der Waals surface area contributed by atoms with Gasteiger partial charge < -0.3 is 4.74 Å². The number of nitrogens with zero attached hydrogens (tertiary/aromatic N) is 3. The Labute approximate surface area is 100 Å². The first-order chi connectivity index (χ1) is 8.24. The summed E-state index contributed by atoms with van der Waals surface area (Å²) in [5.41, 5.74) is 1.48. The van der Waals surface area contributed by atoms with Crippen LogP contribution in [0.4, 0.5) is 0 Å². The summed E-state index contributed by atoms with van der Waals surface area (Å²) in [5, 5.41) is 13.2. The Kier molecular flexibility index (Phi) is 3.10. The van der Waals surface area contributed by atoms with Crippen LogP contribution in [0.25, 0.3) is 0 Å². The van der Waals surface area contributed by atoms with Gasteiger partial charge in [0.05, 0.1) is 18.0 Å². The zero-order chi connectivity index (χ0) is 12.3. The van der Waals surface area contributed by atoms with Crippen LogP contribution in [0.2, 0.25) is 0 Å². The predicted octanol–water partition coefficient (Wildman–Crippen LogP) is 2.88. The third kappa shape index (κ3) is 2.28. The highest BCUT2D eigenvalue weighted by molar-refractivity contribution is 5.49. The van der Waals surface area contributed by atoms with Crippen LogP contribution >= 0.6 is 0 Å². The van der Waals surface area contributed by atoms with E-state index in [1.807, 2.05) is 32.2 Å². The van der Waals surface area contributed by atoms with Crippen molar-refractivity contribution in [3.63, 3.8) is 0 Å². The summed E-state index contributed by atoms with van der Waals surface area (Å²) in [6.07, 6.45) is 3.45. The highest BCUT2D eigenvalue weighted by Gasteiger charge is 2.08. The van der Waals surface area contributed by atoms with Crippen molar-refractivity contribution in [2.24, 2.45) is 0 Å². The SMILES string of the molecule is CCn1cc(Oc2cccc(C)c2C#N)cn1. The number of aryl methyl sites for hydroxylation is 2. The predicted molar refractivity (Wildman–Crippen MR) is 63.9 cm³/mol. The molecule has 0 amide bonds. The van der Waals surface area contributed by atoms with E-state index in [0.29, 0.717) is 17.1 Å². The Hall–Kier alpha value is -2.28. The van der Waals surface area contributed by atoms with E-state index in [1.54, 1.807) is 16.9 Å². The van der Waals surface area contributed by atoms with E-state index >= 15 is 0 Å². The molecule has 0 aliphatic heterocycles. The maximum atomic E-state index is 9.08. The molecule has 1 aromatic heterocycles. The summed E-state index contributed by atoms with van der Waals surface area (Å²) in [5.74, 6) is 1.22. The van der Waals surface area contributed by atoms with Gasteiger partial charge >= 0.3 is 0 Å². The molecule has 0 spiro atoms. The van der Waals surface area contributed by atoms with E-state index < -0.39 is 0 Å². The lowest BCUT2D eigenvalue weighted by Crippen LogP contribution is -1.92. The largest absolute Gasteiger partial charge is 0.453 e. The lowest BCUT2D eigenvalue weighted by molar-refractivity contribution is 0.479. The van der Waals surface area contributed by atoms with Crippen LogP contribution in [0.5, 0.6) is 11.5 Å². The normalized spacial score (nSPS) is 9.94. The molecule has 17 heavy (non-hydrogen) atoms. The molecule has 0 unspecified atom stereocenters. The van der Waals surface area contributed by atoms with Gasteiger partial charge in [0.2, 0.25) is 0 Å². The van der Waals surface area contributed by atoms with Gasteiger partial charge in [-0.15, -0.1) is 0 Å². The minimum absolute atomic E-state index is 0.566. The Morgan fingerprint density at radius 2 is 2.29 bits per heavy atom. The zero-order valence-corrected chi connectivity index (χ0v) is 9.84. The number of aromatic nitrogens is 2. The summed E-state index contributed by atoms with van der Waals surface area (Å²) in [4.78, 5) is 0. The van der Waals surface area contributed by atoms with Crippen LogP contribution in [0, 0.1) is 18.3 Å². The summed E-state index contributed by atoms with van der Waals surface area (Å²) in [6, 6.07) is 7.70. The molecule has 0 aliphatic carbocycles. The Morgan fingerprint density at radius 3 is 2.94 bits per heavy atom. The van der Waals surface area contributed by atoms with E-state index in [4.69, 9.17) is 10.00 Å². The van der Waals surface area contributed by atoms with Gasteiger partial charge in [0.25, 0.3) is 0 Å². The molecular formula is C13H13N3O. The van der Waals surface area contributed by atoms with Crippen LogP contribution in [0.1, 0.15) is 18.1 Å². The first-order valence-electron chi connectivity index (χ1n) is 5.44. The fraction of sp³-hybridized carbons (Fsp3) is 0.231. The van der Waals surface area contributed by atoms with E-state index in [9.17, 15) is 0 Å². The lowest BCUT2D eigenvalue weighted by Gasteiger charge is -2.06. The second kappa shape index (κ2) is 4.71. The van der Waals surface area contributed by atoms with Crippen molar-refractivity contribution in [1.82, 2.24) is 9.78 Å². The van der Waals surface area contributed by atoms with Crippen molar-refractivity contribution in [3.05, 3.63) is 41.7 Å². The fourth-order valence-electron chi connectivity index (χ4n) is 1.57. The molecule has 0 radical (unpaired) electrons. The van der Waals surface area contributed by atoms with Crippen LogP contribution in [-0.4, -0.2) is 9.78 Å². The van der Waals surface area contributed by atoms with Gasteiger partial charge in [-0.1, -0.05) is 12.1 Å². The summed E-state index contributed by atoms with van der Waals surface area (Å²) < 4.78 is 7.43. The Balaban J connectivity index is 2.30. The smallest absolute Gasteiger partial charge is 0.165 e. The van der Waals surface area contributed by atoms with Crippen molar-refractivity contribution in [2.45, 2.75) is 20.4 Å². The van der Waals surface area contributed by atoms with E-state index in [1.165, 1.54) is 0 Å². The van der Waals surface area contributed by atoms with Gasteiger partial charge in [-0.3, -0.25) is 4.68 Å². The molecule has 4 heteroatoms. The van der Waals surface area contributed by atoms with Crippen LogP contribution < -0.4 is 4.74 Å². The molecule has 0 saturated carbocycles. The third-order valence-corrected chi connectivity index (χ3v) is 2.51. The molecule has 2 aromatic rings. The maximum absolute atomic E-state index is 9.08. The molecule has 0 saturated heterocycles. The summed E-state index contributed by atoms with van der Waals surface area (Å²) in [6.45, 7) is 4.69. The molecule has 0 N–H and O–H groups in total. The van der Waals surface area contributed by atoms with Gasteiger partial charge in [-0.2, -0.15) is 10.4 Å².